The molecule has 1 aliphatic rings. The van der Waals surface area contributed by atoms with E-state index in [4.69, 9.17) is 0 Å². The van der Waals surface area contributed by atoms with Crippen molar-refractivity contribution in [1.82, 2.24) is 25.1 Å². The molecule has 3 rings (SSSR count). The molecule has 0 atom stereocenters. The number of imidazole rings is 1. The van der Waals surface area contributed by atoms with E-state index in [2.05, 4.69) is 73.5 Å². The minimum atomic E-state index is 0.513. The first-order valence-corrected chi connectivity index (χ1v) is 10.5. The third-order valence-corrected chi connectivity index (χ3v) is 5.33. The lowest BCUT2D eigenvalue weighted by Crippen LogP contribution is -2.49. The van der Waals surface area contributed by atoms with Gasteiger partial charge in [0.2, 0.25) is 0 Å². The van der Waals surface area contributed by atoms with Gasteiger partial charge in [0.15, 0.2) is 5.96 Å². The number of aromatic nitrogens is 2. The van der Waals surface area contributed by atoms with Crippen LogP contribution in [0.25, 0.3) is 0 Å². The number of piperidine rings is 1. The Morgan fingerprint density at radius 1 is 1.21 bits per heavy atom. The highest BCUT2D eigenvalue weighted by molar-refractivity contribution is 5.79. The van der Waals surface area contributed by atoms with Crippen molar-refractivity contribution >= 4 is 5.96 Å². The monoisotopic (exact) mass is 382 g/mol. The van der Waals surface area contributed by atoms with Crippen molar-refractivity contribution in [2.45, 2.75) is 45.2 Å². The number of hydrogen-bond acceptors (Lipinski definition) is 3. The molecule has 28 heavy (non-hydrogen) atoms. The van der Waals surface area contributed by atoms with E-state index < -0.39 is 0 Å². The van der Waals surface area contributed by atoms with Gasteiger partial charge in [0.25, 0.3) is 0 Å². The van der Waals surface area contributed by atoms with Crippen molar-refractivity contribution in [2.75, 3.05) is 33.2 Å². The van der Waals surface area contributed by atoms with Crippen molar-refractivity contribution < 1.29 is 0 Å². The van der Waals surface area contributed by atoms with Crippen LogP contribution in [0.15, 0.2) is 47.7 Å². The Bertz CT molecular complexity index is 716. The fraction of sp³-hybridized carbons (Fsp3) is 0.545. The second kappa shape index (κ2) is 10.9. The summed E-state index contributed by atoms with van der Waals surface area (Å²) in [6, 6.07) is 11.0. The van der Waals surface area contributed by atoms with E-state index in [1.165, 1.54) is 44.5 Å². The zero-order chi connectivity index (χ0) is 19.6. The number of nitrogens with zero attached hydrogens (tertiary/aromatic N) is 4. The smallest absolute Gasteiger partial charge is 0.191 e. The van der Waals surface area contributed by atoms with Gasteiger partial charge < -0.3 is 20.1 Å². The van der Waals surface area contributed by atoms with Gasteiger partial charge in [-0.15, -0.1) is 0 Å². The van der Waals surface area contributed by atoms with Crippen LogP contribution >= 0.6 is 0 Å². The minimum Gasteiger partial charge on any atom is -0.356 e. The van der Waals surface area contributed by atoms with E-state index in [-0.39, 0.29) is 0 Å². The molecule has 152 valence electrons. The highest BCUT2D eigenvalue weighted by Crippen LogP contribution is 2.10. The summed E-state index contributed by atoms with van der Waals surface area (Å²) in [5.41, 5.74) is 1.29. The van der Waals surface area contributed by atoms with E-state index in [0.29, 0.717) is 6.04 Å². The lowest BCUT2D eigenvalue weighted by atomic mass is 10.1. The Labute approximate surface area is 169 Å². The number of hydrogen-bond donors (Lipinski definition) is 2. The zero-order valence-electron chi connectivity index (χ0n) is 17.3. The summed E-state index contributed by atoms with van der Waals surface area (Å²) in [5, 5.41) is 7.04. The molecule has 6 nitrogen and oxygen atoms in total. The summed E-state index contributed by atoms with van der Waals surface area (Å²) >= 11 is 0. The van der Waals surface area contributed by atoms with E-state index in [1.54, 1.807) is 0 Å². The van der Waals surface area contributed by atoms with Crippen LogP contribution in [0.5, 0.6) is 0 Å². The van der Waals surface area contributed by atoms with Crippen LogP contribution in [-0.2, 0) is 13.0 Å². The molecule has 0 amide bonds. The fourth-order valence-corrected chi connectivity index (χ4v) is 3.79. The van der Waals surface area contributed by atoms with Gasteiger partial charge in [0.05, 0.1) is 0 Å². The summed E-state index contributed by atoms with van der Waals surface area (Å²) < 4.78 is 2.22. The topological polar surface area (TPSA) is 57.5 Å². The number of likely N-dealkylation sites (tertiary alicyclic amines) is 1. The molecule has 2 heterocycles. The zero-order valence-corrected chi connectivity index (χ0v) is 17.3. The fourth-order valence-electron chi connectivity index (χ4n) is 3.79. The van der Waals surface area contributed by atoms with Gasteiger partial charge in [-0.2, -0.15) is 0 Å². The Kier molecular flexibility index (Phi) is 7.91. The molecule has 6 heteroatoms. The molecule has 1 aromatic heterocycles. The molecular weight excluding hydrogens is 348 g/mol. The van der Waals surface area contributed by atoms with E-state index in [0.717, 1.165) is 31.3 Å². The highest BCUT2D eigenvalue weighted by atomic mass is 15.2. The van der Waals surface area contributed by atoms with Crippen molar-refractivity contribution in [2.24, 2.45) is 4.99 Å². The number of nitrogens with one attached hydrogen (secondary N) is 2. The SMILES string of the molecule is CCCN1CCC(NC(=NC)NCCc2nccn2Cc2ccccc2)CC1. The third kappa shape index (κ3) is 6.09. The second-order valence-corrected chi connectivity index (χ2v) is 7.47. The third-order valence-electron chi connectivity index (χ3n) is 5.33. The van der Waals surface area contributed by atoms with E-state index in [1.807, 2.05) is 13.2 Å². The molecule has 2 N–H and O–H groups in total. The molecule has 0 saturated carbocycles. The Balaban J connectivity index is 1.42. The molecule has 0 unspecified atom stereocenters. The lowest BCUT2D eigenvalue weighted by Gasteiger charge is -2.32. The Hall–Kier alpha value is -2.34. The quantitative estimate of drug-likeness (QED) is 0.544. The molecule has 0 aliphatic carbocycles. The van der Waals surface area contributed by atoms with Crippen LogP contribution < -0.4 is 10.6 Å². The summed E-state index contributed by atoms with van der Waals surface area (Å²) in [5.74, 6) is 2.00. The second-order valence-electron chi connectivity index (χ2n) is 7.47. The van der Waals surface area contributed by atoms with Gasteiger partial charge in [-0.25, -0.2) is 4.98 Å². The molecule has 0 spiro atoms. The van der Waals surface area contributed by atoms with Gasteiger partial charge in [-0.3, -0.25) is 4.99 Å². The van der Waals surface area contributed by atoms with E-state index >= 15 is 0 Å². The minimum absolute atomic E-state index is 0.513. The standard InChI is InChI=1S/C22H34N6/c1-3-14-27-15-10-20(11-16-27)26-22(23-2)25-12-9-21-24-13-17-28(21)18-19-7-5-4-6-8-19/h4-8,13,17,20H,3,9-12,14-16,18H2,1-2H3,(H2,23,25,26). The van der Waals surface area contributed by atoms with Crippen LogP contribution in [0, 0.1) is 0 Å². The highest BCUT2D eigenvalue weighted by Gasteiger charge is 2.19. The Morgan fingerprint density at radius 2 is 2.00 bits per heavy atom. The van der Waals surface area contributed by atoms with Gasteiger partial charge >= 0.3 is 0 Å². The molecular formula is C22H34N6. The van der Waals surface area contributed by atoms with Gasteiger partial charge in [0, 0.05) is 58.1 Å². The normalized spacial score (nSPS) is 16.3. The molecule has 0 bridgehead atoms. The first kappa shape index (κ1) is 20.4. The van der Waals surface area contributed by atoms with Crippen molar-refractivity contribution in [1.29, 1.82) is 0 Å². The van der Waals surface area contributed by atoms with Crippen LogP contribution in [0.3, 0.4) is 0 Å². The number of benzene rings is 1. The van der Waals surface area contributed by atoms with Crippen molar-refractivity contribution in [3.05, 3.63) is 54.1 Å². The molecule has 1 fully saturated rings. The number of rotatable bonds is 8. The van der Waals surface area contributed by atoms with Crippen LogP contribution in [0.4, 0.5) is 0 Å². The predicted molar refractivity (Wildman–Crippen MR) is 116 cm³/mol. The largest absolute Gasteiger partial charge is 0.356 e. The molecule has 2 aromatic rings. The lowest BCUT2D eigenvalue weighted by molar-refractivity contribution is 0.206. The summed E-state index contributed by atoms with van der Waals surface area (Å²) in [6.45, 7) is 7.51. The summed E-state index contributed by atoms with van der Waals surface area (Å²) in [4.78, 5) is 11.5. The first-order valence-electron chi connectivity index (χ1n) is 10.5. The predicted octanol–water partition coefficient (Wildman–Crippen LogP) is 2.51. The van der Waals surface area contributed by atoms with Gasteiger partial charge in [-0.05, 0) is 31.4 Å². The van der Waals surface area contributed by atoms with Crippen LogP contribution in [0.1, 0.15) is 37.6 Å². The summed E-state index contributed by atoms with van der Waals surface area (Å²) in [6.07, 6.45) is 8.41. The van der Waals surface area contributed by atoms with Crippen LogP contribution in [0.2, 0.25) is 0 Å². The van der Waals surface area contributed by atoms with Crippen molar-refractivity contribution in [3.63, 3.8) is 0 Å². The first-order chi connectivity index (χ1) is 13.8. The van der Waals surface area contributed by atoms with Gasteiger partial charge in [-0.1, -0.05) is 37.3 Å². The molecule has 1 saturated heterocycles. The number of aliphatic imine (C=N–C) groups is 1. The average molecular weight is 383 g/mol. The van der Waals surface area contributed by atoms with Crippen molar-refractivity contribution in [3.8, 4) is 0 Å². The van der Waals surface area contributed by atoms with Crippen LogP contribution in [-0.4, -0.2) is 59.7 Å². The molecule has 1 aromatic carbocycles. The maximum absolute atomic E-state index is 4.53. The summed E-state index contributed by atoms with van der Waals surface area (Å²) in [7, 11) is 1.85. The van der Waals surface area contributed by atoms with E-state index in [9.17, 15) is 0 Å². The maximum Gasteiger partial charge on any atom is 0.191 e. The average Bonchev–Trinajstić information content (AvgIpc) is 3.16. The molecule has 1 aliphatic heterocycles. The molecule has 0 radical (unpaired) electrons. The van der Waals surface area contributed by atoms with Gasteiger partial charge in [0.1, 0.15) is 5.82 Å². The Morgan fingerprint density at radius 3 is 2.71 bits per heavy atom. The number of guanidine groups is 1. The maximum atomic E-state index is 4.53.